The van der Waals surface area contributed by atoms with Gasteiger partial charge in [-0.05, 0) is 31.5 Å². The summed E-state index contributed by atoms with van der Waals surface area (Å²) in [5.41, 5.74) is 0.760. The molecule has 0 bridgehead atoms. The number of rotatable bonds is 6. The molecule has 88 valence electrons. The van der Waals surface area contributed by atoms with Crippen molar-refractivity contribution in [3.05, 3.63) is 29.8 Å². The third kappa shape index (κ3) is 4.35. The molecular formula is C11H15FN2O2. The van der Waals surface area contributed by atoms with Gasteiger partial charge < -0.3 is 10.4 Å². The van der Waals surface area contributed by atoms with Crippen molar-refractivity contribution in [3.8, 4) is 0 Å². The van der Waals surface area contributed by atoms with Crippen molar-refractivity contribution in [1.29, 1.82) is 0 Å². The van der Waals surface area contributed by atoms with E-state index in [0.29, 0.717) is 13.0 Å². The van der Waals surface area contributed by atoms with Crippen molar-refractivity contribution in [2.24, 2.45) is 0 Å². The van der Waals surface area contributed by atoms with E-state index in [2.05, 4.69) is 10.3 Å². The molecule has 0 saturated carbocycles. The fraction of sp³-hybridized carbons (Fsp3) is 0.455. The molecule has 0 spiro atoms. The lowest BCUT2D eigenvalue weighted by Gasteiger charge is -2.13. The van der Waals surface area contributed by atoms with Gasteiger partial charge in [-0.2, -0.15) is 0 Å². The summed E-state index contributed by atoms with van der Waals surface area (Å²) in [6, 6.07) is 1.39. The van der Waals surface area contributed by atoms with Crippen molar-refractivity contribution in [2.45, 2.75) is 25.8 Å². The highest BCUT2D eigenvalue weighted by atomic mass is 19.1. The topological polar surface area (TPSA) is 62.2 Å². The maximum absolute atomic E-state index is 12.9. The fourth-order valence-electron chi connectivity index (χ4n) is 1.34. The molecular weight excluding hydrogens is 211 g/mol. The minimum absolute atomic E-state index is 0.0306. The van der Waals surface area contributed by atoms with E-state index in [1.54, 1.807) is 6.20 Å². The van der Waals surface area contributed by atoms with Crippen LogP contribution in [-0.2, 0) is 4.79 Å². The van der Waals surface area contributed by atoms with Crippen molar-refractivity contribution in [2.75, 3.05) is 6.54 Å². The molecule has 1 unspecified atom stereocenters. The molecule has 2 N–H and O–H groups in total. The van der Waals surface area contributed by atoms with Crippen LogP contribution in [-0.4, -0.2) is 22.6 Å². The third-order valence-electron chi connectivity index (χ3n) is 2.24. The van der Waals surface area contributed by atoms with Crippen LogP contribution in [0.2, 0.25) is 0 Å². The van der Waals surface area contributed by atoms with Gasteiger partial charge in [0.15, 0.2) is 0 Å². The predicted molar refractivity (Wildman–Crippen MR) is 57.5 cm³/mol. The molecule has 4 nitrogen and oxygen atoms in total. The first kappa shape index (κ1) is 12.6. The summed E-state index contributed by atoms with van der Waals surface area (Å²) < 4.78 is 12.9. The molecule has 0 radical (unpaired) electrons. The van der Waals surface area contributed by atoms with E-state index in [4.69, 9.17) is 5.11 Å². The summed E-state index contributed by atoms with van der Waals surface area (Å²) in [5, 5.41) is 11.6. The van der Waals surface area contributed by atoms with E-state index >= 15 is 0 Å². The zero-order chi connectivity index (χ0) is 12.0. The Hall–Kier alpha value is -1.49. The van der Waals surface area contributed by atoms with Gasteiger partial charge in [0.25, 0.3) is 0 Å². The van der Waals surface area contributed by atoms with Crippen LogP contribution in [0.25, 0.3) is 0 Å². The summed E-state index contributed by atoms with van der Waals surface area (Å²) in [4.78, 5) is 14.0. The highest BCUT2D eigenvalue weighted by molar-refractivity contribution is 5.66. The number of carboxylic acid groups (broad SMARTS) is 1. The molecule has 0 aliphatic heterocycles. The summed E-state index contributed by atoms with van der Waals surface area (Å²) in [7, 11) is 0. The van der Waals surface area contributed by atoms with Crippen LogP contribution in [0.4, 0.5) is 4.39 Å². The molecule has 0 aromatic carbocycles. The lowest BCUT2D eigenvalue weighted by atomic mass is 10.1. The van der Waals surface area contributed by atoms with Crippen molar-refractivity contribution in [3.63, 3.8) is 0 Å². The van der Waals surface area contributed by atoms with Gasteiger partial charge in [0.2, 0.25) is 0 Å². The second-order valence-electron chi connectivity index (χ2n) is 3.61. The number of aromatic nitrogens is 1. The monoisotopic (exact) mass is 226 g/mol. The zero-order valence-corrected chi connectivity index (χ0v) is 9.11. The Labute approximate surface area is 93.5 Å². The van der Waals surface area contributed by atoms with Gasteiger partial charge in [-0.25, -0.2) is 4.39 Å². The van der Waals surface area contributed by atoms with Crippen LogP contribution >= 0.6 is 0 Å². The van der Waals surface area contributed by atoms with Crippen molar-refractivity contribution >= 4 is 5.97 Å². The molecule has 5 heteroatoms. The summed E-state index contributed by atoms with van der Waals surface area (Å²) >= 11 is 0. The SMILES string of the molecule is CC(NCCCC(=O)O)c1cncc(F)c1. The Morgan fingerprint density at radius 3 is 3.00 bits per heavy atom. The van der Waals surface area contributed by atoms with E-state index in [9.17, 15) is 9.18 Å². The van der Waals surface area contributed by atoms with Crippen LogP contribution in [0, 0.1) is 5.82 Å². The second kappa shape index (κ2) is 6.17. The molecule has 0 fully saturated rings. The van der Waals surface area contributed by atoms with Gasteiger partial charge in [-0.3, -0.25) is 9.78 Å². The summed E-state index contributed by atoms with van der Waals surface area (Å²) in [5.74, 6) is -1.17. The number of hydrogen-bond donors (Lipinski definition) is 2. The molecule has 1 rings (SSSR count). The smallest absolute Gasteiger partial charge is 0.303 e. The Bertz CT molecular complexity index is 358. The molecule has 1 aromatic rings. The zero-order valence-electron chi connectivity index (χ0n) is 9.11. The number of pyridine rings is 1. The second-order valence-corrected chi connectivity index (χ2v) is 3.61. The van der Waals surface area contributed by atoms with Gasteiger partial charge in [0, 0.05) is 18.7 Å². The van der Waals surface area contributed by atoms with Gasteiger partial charge in [0.05, 0.1) is 6.20 Å². The number of aliphatic carboxylic acids is 1. The van der Waals surface area contributed by atoms with Crippen LogP contribution in [0.1, 0.15) is 31.4 Å². The highest BCUT2D eigenvalue weighted by Gasteiger charge is 2.06. The van der Waals surface area contributed by atoms with Crippen LogP contribution in [0.15, 0.2) is 18.5 Å². The van der Waals surface area contributed by atoms with E-state index in [-0.39, 0.29) is 18.3 Å². The number of nitrogens with zero attached hydrogens (tertiary/aromatic N) is 1. The molecule has 0 aliphatic rings. The average molecular weight is 226 g/mol. The number of nitrogens with one attached hydrogen (secondary N) is 1. The quantitative estimate of drug-likeness (QED) is 0.725. The minimum atomic E-state index is -0.804. The molecule has 0 amide bonds. The lowest BCUT2D eigenvalue weighted by molar-refractivity contribution is -0.137. The Balaban J connectivity index is 2.35. The Morgan fingerprint density at radius 1 is 1.62 bits per heavy atom. The highest BCUT2D eigenvalue weighted by Crippen LogP contribution is 2.11. The summed E-state index contributed by atoms with van der Waals surface area (Å²) in [6.07, 6.45) is 3.45. The van der Waals surface area contributed by atoms with E-state index in [1.807, 2.05) is 6.92 Å². The minimum Gasteiger partial charge on any atom is -0.481 e. The molecule has 1 atom stereocenters. The number of hydrogen-bond acceptors (Lipinski definition) is 3. The molecule has 1 aromatic heterocycles. The van der Waals surface area contributed by atoms with Crippen molar-refractivity contribution in [1.82, 2.24) is 10.3 Å². The standard InChI is InChI=1S/C11H15FN2O2/c1-8(14-4-2-3-11(15)16)9-5-10(12)7-13-6-9/h5-8,14H,2-4H2,1H3,(H,15,16). The van der Waals surface area contributed by atoms with Crippen LogP contribution in [0.3, 0.4) is 0 Å². The van der Waals surface area contributed by atoms with Gasteiger partial charge in [-0.15, -0.1) is 0 Å². The number of carboxylic acids is 1. The van der Waals surface area contributed by atoms with Gasteiger partial charge >= 0.3 is 5.97 Å². The molecule has 0 aliphatic carbocycles. The first-order valence-corrected chi connectivity index (χ1v) is 5.15. The Morgan fingerprint density at radius 2 is 2.38 bits per heavy atom. The molecule has 16 heavy (non-hydrogen) atoms. The average Bonchev–Trinajstić information content (AvgIpc) is 2.24. The normalized spacial score (nSPS) is 12.4. The number of carbonyl (C=O) groups is 1. The van der Waals surface area contributed by atoms with E-state index in [1.165, 1.54) is 6.07 Å². The van der Waals surface area contributed by atoms with E-state index < -0.39 is 5.97 Å². The molecule has 1 heterocycles. The van der Waals surface area contributed by atoms with Gasteiger partial charge in [0.1, 0.15) is 5.82 Å². The van der Waals surface area contributed by atoms with Crippen molar-refractivity contribution < 1.29 is 14.3 Å². The maximum Gasteiger partial charge on any atom is 0.303 e. The Kier molecular flexibility index (Phi) is 4.85. The lowest BCUT2D eigenvalue weighted by Crippen LogP contribution is -2.20. The number of halogens is 1. The predicted octanol–water partition coefficient (Wildman–Crippen LogP) is 1.74. The third-order valence-corrected chi connectivity index (χ3v) is 2.24. The first-order chi connectivity index (χ1) is 7.59. The largest absolute Gasteiger partial charge is 0.481 e. The van der Waals surface area contributed by atoms with Crippen LogP contribution < -0.4 is 5.32 Å². The van der Waals surface area contributed by atoms with E-state index in [0.717, 1.165) is 11.8 Å². The van der Waals surface area contributed by atoms with Gasteiger partial charge in [-0.1, -0.05) is 0 Å². The fourth-order valence-corrected chi connectivity index (χ4v) is 1.34. The van der Waals surface area contributed by atoms with Crippen LogP contribution in [0.5, 0.6) is 0 Å². The maximum atomic E-state index is 12.9. The summed E-state index contributed by atoms with van der Waals surface area (Å²) in [6.45, 7) is 2.47. The molecule has 0 saturated heterocycles. The first-order valence-electron chi connectivity index (χ1n) is 5.15.